The number of benzene rings is 1. The van der Waals surface area contributed by atoms with E-state index in [-0.39, 0.29) is 5.02 Å². The molecule has 1 aliphatic rings. The van der Waals surface area contributed by atoms with Crippen molar-refractivity contribution in [1.82, 2.24) is 0 Å². The number of nitriles is 1. The molecule has 1 fully saturated rings. The SMILES string of the molecule is CC1CCCC(C#N)(C(O)c2cc(F)cc(Cl)c2)C1. The average Bonchev–Trinajstić information content (AvgIpc) is 2.36. The molecule has 0 aliphatic heterocycles. The molecule has 19 heavy (non-hydrogen) atoms. The molecule has 0 radical (unpaired) electrons. The fraction of sp³-hybridized carbons (Fsp3) is 0.533. The molecule has 0 spiro atoms. The predicted molar refractivity (Wildman–Crippen MR) is 72.0 cm³/mol. The highest BCUT2D eigenvalue weighted by atomic mass is 35.5. The second kappa shape index (κ2) is 5.48. The third-order valence-electron chi connectivity index (χ3n) is 3.98. The molecule has 1 aliphatic carbocycles. The van der Waals surface area contributed by atoms with Gasteiger partial charge in [0, 0.05) is 5.02 Å². The lowest BCUT2D eigenvalue weighted by Gasteiger charge is -2.38. The Morgan fingerprint density at radius 1 is 1.53 bits per heavy atom. The molecule has 0 bridgehead atoms. The van der Waals surface area contributed by atoms with Gasteiger partial charge >= 0.3 is 0 Å². The normalized spacial score (nSPS) is 28.7. The second-order valence-electron chi connectivity index (χ2n) is 5.57. The van der Waals surface area contributed by atoms with Gasteiger partial charge in [-0.2, -0.15) is 5.26 Å². The van der Waals surface area contributed by atoms with Crippen LogP contribution in [0.25, 0.3) is 0 Å². The number of aliphatic hydroxyl groups excluding tert-OH is 1. The van der Waals surface area contributed by atoms with Gasteiger partial charge in [-0.3, -0.25) is 0 Å². The maximum Gasteiger partial charge on any atom is 0.125 e. The van der Waals surface area contributed by atoms with Crippen molar-refractivity contribution in [2.75, 3.05) is 0 Å². The minimum atomic E-state index is -0.992. The van der Waals surface area contributed by atoms with E-state index in [1.165, 1.54) is 18.2 Å². The monoisotopic (exact) mass is 281 g/mol. The van der Waals surface area contributed by atoms with Crippen LogP contribution in [0.15, 0.2) is 18.2 Å². The van der Waals surface area contributed by atoms with Crippen LogP contribution < -0.4 is 0 Å². The zero-order valence-electron chi connectivity index (χ0n) is 10.9. The van der Waals surface area contributed by atoms with Gasteiger partial charge < -0.3 is 5.11 Å². The maximum absolute atomic E-state index is 13.4. The second-order valence-corrected chi connectivity index (χ2v) is 6.01. The van der Waals surface area contributed by atoms with Gasteiger partial charge in [0.15, 0.2) is 0 Å². The summed E-state index contributed by atoms with van der Waals surface area (Å²) in [5, 5.41) is 20.2. The summed E-state index contributed by atoms with van der Waals surface area (Å²) in [5.74, 6) is -0.0921. The van der Waals surface area contributed by atoms with Gasteiger partial charge in [0.2, 0.25) is 0 Å². The summed E-state index contributed by atoms with van der Waals surface area (Å²) < 4.78 is 13.4. The fourth-order valence-corrected chi connectivity index (χ4v) is 3.29. The van der Waals surface area contributed by atoms with Gasteiger partial charge in [0.05, 0.1) is 17.6 Å². The Labute approximate surface area is 117 Å². The highest BCUT2D eigenvalue weighted by molar-refractivity contribution is 6.30. The number of rotatable bonds is 2. The zero-order chi connectivity index (χ0) is 14.0. The lowest BCUT2D eigenvalue weighted by Crippen LogP contribution is -2.33. The first kappa shape index (κ1) is 14.3. The lowest BCUT2D eigenvalue weighted by atomic mass is 9.66. The number of hydrogen-bond donors (Lipinski definition) is 1. The number of nitrogens with zero attached hydrogens (tertiary/aromatic N) is 1. The molecule has 1 N–H and O–H groups in total. The summed E-state index contributed by atoms with van der Waals surface area (Å²) in [6.07, 6.45) is 2.27. The maximum atomic E-state index is 13.4. The first-order chi connectivity index (χ1) is 8.97. The van der Waals surface area contributed by atoms with Crippen LogP contribution in [0.3, 0.4) is 0 Å². The van der Waals surface area contributed by atoms with Gasteiger partial charge in [0.1, 0.15) is 5.82 Å². The molecule has 102 valence electrons. The van der Waals surface area contributed by atoms with Crippen molar-refractivity contribution in [3.63, 3.8) is 0 Å². The quantitative estimate of drug-likeness (QED) is 0.881. The summed E-state index contributed by atoms with van der Waals surface area (Å²) in [7, 11) is 0. The average molecular weight is 282 g/mol. The third-order valence-corrected chi connectivity index (χ3v) is 4.20. The molecule has 1 saturated carbocycles. The first-order valence-electron chi connectivity index (χ1n) is 6.52. The number of hydrogen-bond acceptors (Lipinski definition) is 2. The van der Waals surface area contributed by atoms with Gasteiger partial charge in [-0.15, -0.1) is 0 Å². The number of halogens is 2. The van der Waals surface area contributed by atoms with Crippen molar-refractivity contribution in [3.05, 3.63) is 34.6 Å². The summed E-state index contributed by atoms with van der Waals surface area (Å²) >= 11 is 5.82. The Balaban J connectivity index is 2.35. The molecule has 0 heterocycles. The van der Waals surface area contributed by atoms with Crippen LogP contribution >= 0.6 is 11.6 Å². The van der Waals surface area contributed by atoms with Crippen molar-refractivity contribution in [2.45, 2.75) is 38.7 Å². The molecule has 2 rings (SSSR count). The minimum Gasteiger partial charge on any atom is -0.387 e. The number of aliphatic hydroxyl groups is 1. The van der Waals surface area contributed by atoms with Gasteiger partial charge in [-0.1, -0.05) is 31.4 Å². The molecular weight excluding hydrogens is 265 g/mol. The van der Waals surface area contributed by atoms with Crippen LogP contribution in [0.4, 0.5) is 4.39 Å². The van der Waals surface area contributed by atoms with Crippen LogP contribution in [-0.4, -0.2) is 5.11 Å². The Hall–Kier alpha value is -1.11. The third kappa shape index (κ3) is 2.91. The van der Waals surface area contributed by atoms with Crippen molar-refractivity contribution in [2.24, 2.45) is 11.3 Å². The molecule has 0 aromatic heterocycles. The molecule has 3 atom stereocenters. The largest absolute Gasteiger partial charge is 0.387 e. The van der Waals surface area contributed by atoms with Crippen LogP contribution in [0, 0.1) is 28.5 Å². The Morgan fingerprint density at radius 2 is 2.26 bits per heavy atom. The van der Waals surface area contributed by atoms with Crippen LogP contribution in [0.2, 0.25) is 5.02 Å². The van der Waals surface area contributed by atoms with E-state index in [1.54, 1.807) is 0 Å². The van der Waals surface area contributed by atoms with E-state index in [0.717, 1.165) is 12.8 Å². The molecular formula is C15H17ClFNO. The molecule has 2 nitrogen and oxygen atoms in total. The topological polar surface area (TPSA) is 44.0 Å². The molecule has 0 saturated heterocycles. The lowest BCUT2D eigenvalue weighted by molar-refractivity contribution is 0.0217. The smallest absolute Gasteiger partial charge is 0.125 e. The molecule has 1 aromatic rings. The van der Waals surface area contributed by atoms with E-state index in [9.17, 15) is 14.8 Å². The Morgan fingerprint density at radius 3 is 2.84 bits per heavy atom. The van der Waals surface area contributed by atoms with E-state index in [1.807, 2.05) is 0 Å². The van der Waals surface area contributed by atoms with Gasteiger partial charge in [0.25, 0.3) is 0 Å². The summed E-state index contributed by atoms with van der Waals surface area (Å²) in [6.45, 7) is 2.08. The molecule has 1 aromatic carbocycles. The summed E-state index contributed by atoms with van der Waals surface area (Å²) in [5.41, 5.74) is -0.435. The van der Waals surface area contributed by atoms with E-state index in [4.69, 9.17) is 11.6 Å². The van der Waals surface area contributed by atoms with Crippen LogP contribution in [0.5, 0.6) is 0 Å². The van der Waals surface area contributed by atoms with Crippen LogP contribution in [-0.2, 0) is 0 Å². The van der Waals surface area contributed by atoms with E-state index < -0.39 is 17.3 Å². The van der Waals surface area contributed by atoms with Crippen molar-refractivity contribution < 1.29 is 9.50 Å². The van der Waals surface area contributed by atoms with E-state index >= 15 is 0 Å². The Bertz CT molecular complexity index is 493. The molecule has 0 amide bonds. The minimum absolute atomic E-state index is 0.242. The Kier molecular flexibility index (Phi) is 4.13. The van der Waals surface area contributed by atoms with E-state index in [0.29, 0.717) is 24.3 Å². The van der Waals surface area contributed by atoms with Crippen LogP contribution in [0.1, 0.15) is 44.3 Å². The highest BCUT2D eigenvalue weighted by Crippen LogP contribution is 2.47. The summed E-state index contributed by atoms with van der Waals surface area (Å²) in [4.78, 5) is 0. The van der Waals surface area contributed by atoms with E-state index in [2.05, 4.69) is 13.0 Å². The van der Waals surface area contributed by atoms with Gasteiger partial charge in [-0.25, -0.2) is 4.39 Å². The fourth-order valence-electron chi connectivity index (χ4n) is 3.06. The molecule has 4 heteroatoms. The molecule has 3 unspecified atom stereocenters. The standard InChI is InChI=1S/C15H17ClFNO/c1-10-3-2-4-15(8-10,9-18)14(19)11-5-12(16)7-13(17)6-11/h5-7,10,14,19H,2-4,8H2,1H3. The highest BCUT2D eigenvalue weighted by Gasteiger charge is 2.42. The van der Waals surface area contributed by atoms with Gasteiger partial charge in [-0.05, 0) is 42.5 Å². The summed E-state index contributed by atoms with van der Waals surface area (Å²) in [6, 6.07) is 6.26. The van der Waals surface area contributed by atoms with Crippen molar-refractivity contribution in [1.29, 1.82) is 5.26 Å². The predicted octanol–water partition coefficient (Wildman–Crippen LogP) is 4.23. The zero-order valence-corrected chi connectivity index (χ0v) is 11.6. The van der Waals surface area contributed by atoms with Crippen molar-refractivity contribution in [3.8, 4) is 6.07 Å². The first-order valence-corrected chi connectivity index (χ1v) is 6.90. The van der Waals surface area contributed by atoms with Crippen molar-refractivity contribution >= 4 is 11.6 Å².